The molecule has 0 radical (unpaired) electrons. The van der Waals surface area contributed by atoms with Crippen molar-refractivity contribution in [1.82, 2.24) is 25.4 Å². The number of aryl methyl sites for hydroxylation is 2. The Morgan fingerprint density at radius 2 is 2.18 bits per heavy atom. The Morgan fingerprint density at radius 1 is 1.36 bits per heavy atom. The largest absolute Gasteiger partial charge is 0.356 e. The Hall–Kier alpha value is -2.37. The monoisotopic (exact) mass is 300 g/mol. The Morgan fingerprint density at radius 3 is 2.82 bits per heavy atom. The zero-order valence-electron chi connectivity index (χ0n) is 13.7. The molecule has 1 aromatic carbocycles. The number of rotatable bonds is 5. The number of nitrogens with zero attached hydrogens (tertiary/aromatic N) is 4. The highest BCUT2D eigenvalue weighted by molar-refractivity contribution is 5.79. The first-order valence-electron chi connectivity index (χ1n) is 7.44. The van der Waals surface area contributed by atoms with Gasteiger partial charge in [0.25, 0.3) is 0 Å². The molecule has 6 heteroatoms. The third-order valence-electron chi connectivity index (χ3n) is 3.63. The van der Waals surface area contributed by atoms with Crippen molar-refractivity contribution >= 4 is 5.96 Å². The fraction of sp³-hybridized carbons (Fsp3) is 0.438. The Bertz CT molecular complexity index is 631. The van der Waals surface area contributed by atoms with E-state index in [9.17, 15) is 0 Å². The number of benzene rings is 1. The van der Waals surface area contributed by atoms with E-state index in [1.807, 2.05) is 11.6 Å². The predicted octanol–water partition coefficient (Wildman–Crippen LogP) is 1.59. The second-order valence-corrected chi connectivity index (χ2v) is 5.48. The van der Waals surface area contributed by atoms with Crippen molar-refractivity contribution in [3.63, 3.8) is 0 Å². The van der Waals surface area contributed by atoms with Crippen LogP contribution in [0.2, 0.25) is 0 Å². The van der Waals surface area contributed by atoms with Gasteiger partial charge in [-0.3, -0.25) is 4.99 Å². The summed E-state index contributed by atoms with van der Waals surface area (Å²) >= 11 is 0. The molecule has 1 heterocycles. The molecule has 0 spiro atoms. The van der Waals surface area contributed by atoms with Gasteiger partial charge in [0.1, 0.15) is 6.33 Å². The molecule has 0 fully saturated rings. The van der Waals surface area contributed by atoms with Crippen LogP contribution >= 0.6 is 0 Å². The summed E-state index contributed by atoms with van der Waals surface area (Å²) < 4.78 is 1.88. The first-order chi connectivity index (χ1) is 10.6. The van der Waals surface area contributed by atoms with Crippen LogP contribution in [0.5, 0.6) is 0 Å². The zero-order chi connectivity index (χ0) is 15.9. The number of aliphatic imine (C=N–C) groups is 1. The molecule has 2 aromatic rings. The Balaban J connectivity index is 1.85. The van der Waals surface area contributed by atoms with Crippen LogP contribution in [0.15, 0.2) is 35.6 Å². The van der Waals surface area contributed by atoms with E-state index in [0.29, 0.717) is 12.5 Å². The summed E-state index contributed by atoms with van der Waals surface area (Å²) in [7, 11) is 3.69. The van der Waals surface area contributed by atoms with E-state index in [4.69, 9.17) is 0 Å². The molecule has 0 aliphatic carbocycles. The van der Waals surface area contributed by atoms with Crippen LogP contribution in [0.25, 0.3) is 0 Å². The lowest BCUT2D eigenvalue weighted by molar-refractivity contribution is 0.683. The van der Waals surface area contributed by atoms with E-state index < -0.39 is 0 Å². The lowest BCUT2D eigenvalue weighted by Crippen LogP contribution is -2.39. The van der Waals surface area contributed by atoms with E-state index in [1.54, 1.807) is 13.4 Å². The number of aromatic nitrogens is 3. The van der Waals surface area contributed by atoms with Crippen molar-refractivity contribution < 1.29 is 0 Å². The second-order valence-electron chi connectivity index (χ2n) is 5.48. The number of nitrogens with one attached hydrogen (secondary N) is 2. The third kappa shape index (κ3) is 4.31. The first kappa shape index (κ1) is 16.0. The van der Waals surface area contributed by atoms with Gasteiger partial charge in [-0.1, -0.05) is 36.8 Å². The molecule has 0 saturated heterocycles. The normalized spacial score (nSPS) is 13.0. The van der Waals surface area contributed by atoms with Crippen molar-refractivity contribution in [3.8, 4) is 0 Å². The maximum atomic E-state index is 4.24. The molecule has 1 atom stereocenters. The van der Waals surface area contributed by atoms with Gasteiger partial charge >= 0.3 is 0 Å². The van der Waals surface area contributed by atoms with Crippen LogP contribution in [-0.4, -0.2) is 34.3 Å². The Labute approximate surface area is 131 Å². The van der Waals surface area contributed by atoms with Gasteiger partial charge < -0.3 is 15.2 Å². The summed E-state index contributed by atoms with van der Waals surface area (Å²) in [5, 5.41) is 14.5. The summed E-state index contributed by atoms with van der Waals surface area (Å²) in [6, 6.07) is 8.60. The number of hydrogen-bond acceptors (Lipinski definition) is 3. The number of hydrogen-bond donors (Lipinski definition) is 2. The average Bonchev–Trinajstić information content (AvgIpc) is 2.92. The smallest absolute Gasteiger partial charge is 0.191 e. The highest BCUT2D eigenvalue weighted by Gasteiger charge is 2.07. The maximum absolute atomic E-state index is 4.24. The standard InChI is InChI=1S/C16H24N6/c1-12-6-5-7-14(8-12)13(2)9-18-16(17-3)19-10-15-21-20-11-22(15)4/h5-8,11,13H,9-10H2,1-4H3,(H2,17,18,19). The predicted molar refractivity (Wildman–Crippen MR) is 88.8 cm³/mol. The molecule has 2 rings (SSSR count). The molecule has 0 amide bonds. The fourth-order valence-electron chi connectivity index (χ4n) is 2.19. The van der Waals surface area contributed by atoms with Crippen molar-refractivity contribution in [2.45, 2.75) is 26.3 Å². The van der Waals surface area contributed by atoms with Gasteiger partial charge in [0.2, 0.25) is 0 Å². The minimum Gasteiger partial charge on any atom is -0.356 e. The van der Waals surface area contributed by atoms with Gasteiger partial charge in [0.15, 0.2) is 11.8 Å². The van der Waals surface area contributed by atoms with E-state index in [-0.39, 0.29) is 0 Å². The molecule has 22 heavy (non-hydrogen) atoms. The molecule has 1 unspecified atom stereocenters. The highest BCUT2D eigenvalue weighted by Crippen LogP contribution is 2.15. The molecule has 2 N–H and O–H groups in total. The maximum Gasteiger partial charge on any atom is 0.191 e. The summed E-state index contributed by atoms with van der Waals surface area (Å²) in [6.07, 6.45) is 1.69. The van der Waals surface area contributed by atoms with E-state index in [2.05, 4.69) is 63.9 Å². The van der Waals surface area contributed by atoms with Crippen LogP contribution in [0.3, 0.4) is 0 Å². The van der Waals surface area contributed by atoms with Crippen LogP contribution < -0.4 is 10.6 Å². The van der Waals surface area contributed by atoms with E-state index >= 15 is 0 Å². The topological polar surface area (TPSA) is 67.1 Å². The molecule has 0 aliphatic rings. The molecular formula is C16H24N6. The fourth-order valence-corrected chi connectivity index (χ4v) is 2.19. The Kier molecular flexibility index (Phi) is 5.52. The van der Waals surface area contributed by atoms with Gasteiger partial charge in [-0.05, 0) is 18.4 Å². The van der Waals surface area contributed by atoms with Gasteiger partial charge in [-0.25, -0.2) is 0 Å². The van der Waals surface area contributed by atoms with E-state index in [1.165, 1.54) is 11.1 Å². The van der Waals surface area contributed by atoms with Crippen molar-refractivity contribution in [3.05, 3.63) is 47.5 Å². The van der Waals surface area contributed by atoms with Gasteiger partial charge in [-0.15, -0.1) is 10.2 Å². The van der Waals surface area contributed by atoms with Crippen LogP contribution in [-0.2, 0) is 13.6 Å². The SMILES string of the molecule is CN=C(NCc1nncn1C)NCC(C)c1cccc(C)c1. The second kappa shape index (κ2) is 7.59. The quantitative estimate of drug-likeness (QED) is 0.650. The van der Waals surface area contributed by atoms with Crippen LogP contribution in [0.1, 0.15) is 29.8 Å². The van der Waals surface area contributed by atoms with Crippen molar-refractivity contribution in [1.29, 1.82) is 0 Å². The van der Waals surface area contributed by atoms with Gasteiger partial charge in [0.05, 0.1) is 6.54 Å². The van der Waals surface area contributed by atoms with Crippen LogP contribution in [0, 0.1) is 6.92 Å². The van der Waals surface area contributed by atoms with Crippen molar-refractivity contribution in [2.24, 2.45) is 12.0 Å². The minimum absolute atomic E-state index is 0.410. The van der Waals surface area contributed by atoms with Crippen LogP contribution in [0.4, 0.5) is 0 Å². The lowest BCUT2D eigenvalue weighted by Gasteiger charge is -2.16. The van der Waals surface area contributed by atoms with E-state index in [0.717, 1.165) is 18.3 Å². The third-order valence-corrected chi connectivity index (χ3v) is 3.63. The summed E-state index contributed by atoms with van der Waals surface area (Å²) in [6.45, 7) is 5.74. The molecule has 1 aromatic heterocycles. The zero-order valence-corrected chi connectivity index (χ0v) is 13.7. The number of guanidine groups is 1. The average molecular weight is 300 g/mol. The summed E-state index contributed by atoms with van der Waals surface area (Å²) in [5.74, 6) is 2.05. The summed E-state index contributed by atoms with van der Waals surface area (Å²) in [5.41, 5.74) is 2.62. The summed E-state index contributed by atoms with van der Waals surface area (Å²) in [4.78, 5) is 4.24. The molecular weight excluding hydrogens is 276 g/mol. The molecule has 118 valence electrons. The molecule has 6 nitrogen and oxygen atoms in total. The molecule has 0 aliphatic heterocycles. The molecule has 0 saturated carbocycles. The van der Waals surface area contributed by atoms with Crippen molar-refractivity contribution in [2.75, 3.05) is 13.6 Å². The first-order valence-corrected chi connectivity index (χ1v) is 7.44. The van der Waals surface area contributed by atoms with Gasteiger partial charge in [0, 0.05) is 20.6 Å². The minimum atomic E-state index is 0.410. The highest BCUT2D eigenvalue weighted by atomic mass is 15.3. The molecule has 0 bridgehead atoms. The van der Waals surface area contributed by atoms with Gasteiger partial charge in [-0.2, -0.15) is 0 Å². The lowest BCUT2D eigenvalue weighted by atomic mass is 9.99.